The molecule has 5 aromatic rings. The Balaban J connectivity index is 0.000000192. The molecule has 0 fully saturated rings. The molecule has 0 radical (unpaired) electrons. The second-order valence-electron chi connectivity index (χ2n) is 7.57. The highest BCUT2D eigenvalue weighted by Gasteiger charge is 2.02. The summed E-state index contributed by atoms with van der Waals surface area (Å²) in [6, 6.07) is 16.4. The fourth-order valence-corrected chi connectivity index (χ4v) is 3.63. The molecule has 8 heteroatoms. The van der Waals surface area contributed by atoms with E-state index in [1.165, 1.54) is 6.33 Å². The van der Waals surface area contributed by atoms with E-state index in [-0.39, 0.29) is 0 Å². The van der Waals surface area contributed by atoms with Gasteiger partial charge in [0.1, 0.15) is 11.8 Å². The molecule has 5 aromatic heterocycles. The van der Waals surface area contributed by atoms with Crippen LogP contribution in [0.3, 0.4) is 0 Å². The van der Waals surface area contributed by atoms with Crippen molar-refractivity contribution in [1.29, 1.82) is 0 Å². The monoisotopic (exact) mass is 430 g/mol. The molecule has 2 aliphatic rings. The van der Waals surface area contributed by atoms with Gasteiger partial charge in [0.25, 0.3) is 0 Å². The van der Waals surface area contributed by atoms with Crippen LogP contribution in [-0.2, 0) is 0 Å². The third kappa shape index (κ3) is 4.17. The number of hydrogen-bond acceptors (Lipinski definition) is 5. The van der Waals surface area contributed by atoms with E-state index in [9.17, 15) is 0 Å². The highest BCUT2D eigenvalue weighted by atomic mass is 15.0. The minimum Gasteiger partial charge on any atom is -0.355 e. The summed E-state index contributed by atoms with van der Waals surface area (Å²) < 4.78 is 0. The van der Waals surface area contributed by atoms with Crippen molar-refractivity contribution >= 4 is 57.5 Å². The van der Waals surface area contributed by atoms with Gasteiger partial charge in [-0.05, 0) is 72.8 Å². The van der Waals surface area contributed by atoms with Gasteiger partial charge in [-0.1, -0.05) is 0 Å². The maximum absolute atomic E-state index is 4.62. The number of aromatic nitrogens is 8. The number of imidazole rings is 1. The Morgan fingerprint density at radius 1 is 0.576 bits per heavy atom. The zero-order valence-corrected chi connectivity index (χ0v) is 17.4. The van der Waals surface area contributed by atoms with Crippen molar-refractivity contribution in [2.75, 3.05) is 0 Å². The van der Waals surface area contributed by atoms with Gasteiger partial charge in [0.15, 0.2) is 5.65 Å². The molecule has 158 valence electrons. The molecule has 3 N–H and O–H groups in total. The van der Waals surface area contributed by atoms with Crippen molar-refractivity contribution in [2.24, 2.45) is 0 Å². The van der Waals surface area contributed by atoms with Crippen LogP contribution >= 0.6 is 0 Å². The summed E-state index contributed by atoms with van der Waals surface area (Å²) in [6.07, 6.45) is 12.8. The fraction of sp³-hybridized carbons (Fsp3) is 0. The maximum Gasteiger partial charge on any atom is 0.180 e. The summed E-state index contributed by atoms with van der Waals surface area (Å²) in [5.41, 5.74) is 9.45. The summed E-state index contributed by atoms with van der Waals surface area (Å²) in [7, 11) is 0. The first-order chi connectivity index (χ1) is 16.3. The first-order valence-corrected chi connectivity index (χ1v) is 10.4. The molecule has 7 rings (SSSR count). The number of aromatic amines is 3. The molecule has 0 saturated heterocycles. The van der Waals surface area contributed by atoms with E-state index in [1.54, 1.807) is 12.5 Å². The van der Waals surface area contributed by atoms with Crippen LogP contribution in [0, 0.1) is 0 Å². The van der Waals surface area contributed by atoms with Crippen LogP contribution in [0.5, 0.6) is 0 Å². The van der Waals surface area contributed by atoms with Gasteiger partial charge in [-0.15, -0.1) is 0 Å². The Labute approximate surface area is 187 Å². The van der Waals surface area contributed by atoms with Crippen molar-refractivity contribution < 1.29 is 0 Å². The number of rotatable bonds is 0. The van der Waals surface area contributed by atoms with Crippen molar-refractivity contribution in [3.8, 4) is 0 Å². The van der Waals surface area contributed by atoms with Crippen LogP contribution in [0.2, 0.25) is 0 Å². The fourth-order valence-electron chi connectivity index (χ4n) is 3.63. The topological polar surface area (TPSA) is 112 Å². The SMILES string of the molecule is C1=Cc2cc3ccc(cc4ccc(cc5nc(cc1n2)C=C5)[nH]4)[nH]3.c1ncc2[nH]cnc2n1. The molecule has 33 heavy (non-hydrogen) atoms. The lowest BCUT2D eigenvalue weighted by molar-refractivity contribution is 1.20. The number of nitrogens with zero attached hydrogens (tertiary/aromatic N) is 5. The lowest BCUT2D eigenvalue weighted by Crippen LogP contribution is -1.77. The second kappa shape index (κ2) is 8.01. The molecule has 8 nitrogen and oxygen atoms in total. The number of hydrogen-bond donors (Lipinski definition) is 3. The van der Waals surface area contributed by atoms with E-state index in [1.807, 2.05) is 42.5 Å². The molecular formula is C25H18N8. The smallest absolute Gasteiger partial charge is 0.180 e. The van der Waals surface area contributed by atoms with E-state index < -0.39 is 0 Å². The number of nitrogens with one attached hydrogen (secondary N) is 3. The van der Waals surface area contributed by atoms with Gasteiger partial charge >= 0.3 is 0 Å². The van der Waals surface area contributed by atoms with E-state index in [4.69, 9.17) is 0 Å². The summed E-state index contributed by atoms with van der Waals surface area (Å²) in [4.78, 5) is 30.5. The lowest BCUT2D eigenvalue weighted by atomic mass is 10.3. The lowest BCUT2D eigenvalue weighted by Gasteiger charge is -1.86. The Morgan fingerprint density at radius 3 is 1.70 bits per heavy atom. The van der Waals surface area contributed by atoms with Crippen molar-refractivity contribution in [2.45, 2.75) is 0 Å². The number of fused-ring (bicyclic) bond motifs is 9. The zero-order valence-electron chi connectivity index (χ0n) is 17.4. The van der Waals surface area contributed by atoms with Crippen molar-refractivity contribution in [3.05, 3.63) is 90.2 Å². The summed E-state index contributed by atoms with van der Waals surface area (Å²) in [6.45, 7) is 0. The Kier molecular flexibility index (Phi) is 4.58. The zero-order chi connectivity index (χ0) is 22.0. The van der Waals surface area contributed by atoms with Gasteiger partial charge in [0, 0.05) is 22.1 Å². The second-order valence-corrected chi connectivity index (χ2v) is 7.57. The van der Waals surface area contributed by atoms with Gasteiger partial charge in [0.2, 0.25) is 0 Å². The average molecular weight is 430 g/mol. The summed E-state index contributed by atoms with van der Waals surface area (Å²) >= 11 is 0. The maximum atomic E-state index is 4.62. The van der Waals surface area contributed by atoms with Crippen LogP contribution in [0.25, 0.3) is 57.5 Å². The molecule has 7 heterocycles. The molecule has 0 amide bonds. The number of H-pyrrole nitrogens is 3. The van der Waals surface area contributed by atoms with Gasteiger partial charge in [-0.2, -0.15) is 0 Å². The van der Waals surface area contributed by atoms with Gasteiger partial charge < -0.3 is 15.0 Å². The molecule has 0 saturated carbocycles. The Morgan fingerprint density at radius 2 is 1.12 bits per heavy atom. The largest absolute Gasteiger partial charge is 0.355 e. The quantitative estimate of drug-likeness (QED) is 0.313. The third-order valence-electron chi connectivity index (χ3n) is 5.14. The van der Waals surface area contributed by atoms with E-state index in [2.05, 4.69) is 70.2 Å². The minimum atomic E-state index is 0.713. The van der Waals surface area contributed by atoms with Gasteiger partial charge in [-0.3, -0.25) is 0 Å². The first kappa shape index (κ1) is 18.9. The summed E-state index contributed by atoms with van der Waals surface area (Å²) in [5, 5.41) is 0. The first-order valence-electron chi connectivity index (χ1n) is 10.4. The van der Waals surface area contributed by atoms with Crippen LogP contribution < -0.4 is 0 Å². The molecular weight excluding hydrogens is 412 g/mol. The third-order valence-corrected chi connectivity index (χ3v) is 5.14. The molecule has 2 aliphatic heterocycles. The highest BCUT2D eigenvalue weighted by molar-refractivity contribution is 5.77. The van der Waals surface area contributed by atoms with Crippen molar-refractivity contribution in [1.82, 2.24) is 39.9 Å². The predicted molar refractivity (Wildman–Crippen MR) is 131 cm³/mol. The Hall–Kier alpha value is -4.85. The molecule has 0 atom stereocenters. The highest BCUT2D eigenvalue weighted by Crippen LogP contribution is 2.17. The van der Waals surface area contributed by atoms with E-state index >= 15 is 0 Å². The standard InChI is InChI=1S/C20H14N4.C5H4N4/c1-2-14-10-16-5-6-18(23-16)12-20-8-7-19(24-20)11-17-4-3-15(22-17)9-13(1)21-14;1-4-5(8-2-6-1)9-3-7-4/h1-12,21-22H;1-3H,(H,6,7,8,9). The predicted octanol–water partition coefficient (Wildman–Crippen LogP) is 5.01. The molecule has 8 bridgehead atoms. The van der Waals surface area contributed by atoms with Crippen LogP contribution in [0.1, 0.15) is 22.8 Å². The van der Waals surface area contributed by atoms with Gasteiger partial charge in [-0.25, -0.2) is 24.9 Å². The minimum absolute atomic E-state index is 0.713. The van der Waals surface area contributed by atoms with Gasteiger partial charge in [0.05, 0.1) is 35.3 Å². The molecule has 0 aromatic carbocycles. The van der Waals surface area contributed by atoms with E-state index in [0.29, 0.717) is 5.65 Å². The van der Waals surface area contributed by atoms with E-state index in [0.717, 1.165) is 50.4 Å². The summed E-state index contributed by atoms with van der Waals surface area (Å²) in [5.74, 6) is 0. The van der Waals surface area contributed by atoms with Crippen molar-refractivity contribution in [3.63, 3.8) is 0 Å². The van der Waals surface area contributed by atoms with Crippen LogP contribution in [0.4, 0.5) is 0 Å². The van der Waals surface area contributed by atoms with Crippen LogP contribution in [0.15, 0.2) is 67.4 Å². The van der Waals surface area contributed by atoms with Crippen LogP contribution in [-0.4, -0.2) is 39.9 Å². The molecule has 0 spiro atoms. The molecule has 0 aliphatic carbocycles. The average Bonchev–Trinajstić information content (AvgIpc) is 3.63. The Bertz CT molecular complexity index is 1560. The normalized spacial score (nSPS) is 12.0. The molecule has 0 unspecified atom stereocenters.